The second-order valence-electron chi connectivity index (χ2n) is 5.41. The van der Waals surface area contributed by atoms with Crippen molar-refractivity contribution in [3.8, 4) is 0 Å². The summed E-state index contributed by atoms with van der Waals surface area (Å²) >= 11 is 0. The third kappa shape index (κ3) is 3.18. The number of aromatic nitrogens is 5. The number of aromatic amines is 2. The highest BCUT2D eigenvalue weighted by Crippen LogP contribution is 2.17. The van der Waals surface area contributed by atoms with E-state index < -0.39 is 0 Å². The molecule has 4 rings (SSSR count). The SMILES string of the molecule is O=C(Nc1cn[nH]c1CNc1nc2ccccc2[nH]1)c1cccnc1. The zero-order valence-corrected chi connectivity index (χ0v) is 13.2. The van der Waals surface area contributed by atoms with Crippen molar-refractivity contribution in [3.63, 3.8) is 0 Å². The van der Waals surface area contributed by atoms with Crippen molar-refractivity contribution in [3.05, 3.63) is 66.2 Å². The lowest BCUT2D eigenvalue weighted by atomic mass is 10.2. The molecule has 0 saturated heterocycles. The van der Waals surface area contributed by atoms with Crippen molar-refractivity contribution >= 4 is 28.6 Å². The minimum atomic E-state index is -0.237. The summed E-state index contributed by atoms with van der Waals surface area (Å²) in [5.41, 5.74) is 3.69. The van der Waals surface area contributed by atoms with Gasteiger partial charge in [-0.25, -0.2) is 4.98 Å². The van der Waals surface area contributed by atoms with Gasteiger partial charge in [0.2, 0.25) is 5.95 Å². The molecule has 1 amide bonds. The van der Waals surface area contributed by atoms with Crippen LogP contribution in [0.25, 0.3) is 11.0 Å². The number of imidazole rings is 1. The van der Waals surface area contributed by atoms with Crippen LogP contribution in [0.3, 0.4) is 0 Å². The Bertz CT molecular complexity index is 973. The number of rotatable bonds is 5. The summed E-state index contributed by atoms with van der Waals surface area (Å²) < 4.78 is 0. The number of benzene rings is 1. The van der Waals surface area contributed by atoms with Crippen molar-refractivity contribution in [1.82, 2.24) is 25.1 Å². The van der Waals surface area contributed by atoms with Gasteiger partial charge in [0.25, 0.3) is 5.91 Å². The molecule has 0 spiro atoms. The molecule has 0 aliphatic carbocycles. The molecule has 0 saturated carbocycles. The number of carbonyl (C=O) groups is 1. The maximum atomic E-state index is 12.2. The largest absolute Gasteiger partial charge is 0.350 e. The van der Waals surface area contributed by atoms with E-state index in [9.17, 15) is 4.79 Å². The molecular weight excluding hydrogens is 318 g/mol. The Labute approximate surface area is 142 Å². The monoisotopic (exact) mass is 333 g/mol. The van der Waals surface area contributed by atoms with Gasteiger partial charge in [0.15, 0.2) is 0 Å². The Hall–Kier alpha value is -3.68. The van der Waals surface area contributed by atoms with Crippen molar-refractivity contribution in [1.29, 1.82) is 0 Å². The van der Waals surface area contributed by atoms with Crippen LogP contribution >= 0.6 is 0 Å². The summed E-state index contributed by atoms with van der Waals surface area (Å²) in [5.74, 6) is 0.417. The van der Waals surface area contributed by atoms with Crippen molar-refractivity contribution < 1.29 is 4.79 Å². The summed E-state index contributed by atoms with van der Waals surface area (Å²) in [7, 11) is 0. The fraction of sp³-hybridized carbons (Fsp3) is 0.0588. The topological polar surface area (TPSA) is 111 Å². The molecule has 0 bridgehead atoms. The van der Waals surface area contributed by atoms with E-state index in [1.165, 1.54) is 6.20 Å². The number of amides is 1. The van der Waals surface area contributed by atoms with Gasteiger partial charge in [-0.15, -0.1) is 0 Å². The van der Waals surface area contributed by atoms with Gasteiger partial charge in [0.1, 0.15) is 0 Å². The van der Waals surface area contributed by atoms with E-state index >= 15 is 0 Å². The van der Waals surface area contributed by atoms with Crippen LogP contribution in [0.1, 0.15) is 16.1 Å². The standard InChI is InChI=1S/C17H15N7O/c25-16(11-4-3-7-18-8-11)21-14-10-20-24-15(14)9-19-17-22-12-5-1-2-6-13(12)23-17/h1-8,10H,9H2,(H,20,24)(H,21,25)(H2,19,22,23). The maximum Gasteiger partial charge on any atom is 0.257 e. The molecule has 3 aromatic heterocycles. The summed E-state index contributed by atoms with van der Waals surface area (Å²) in [6.07, 6.45) is 4.71. The van der Waals surface area contributed by atoms with E-state index in [4.69, 9.17) is 0 Å². The number of anilines is 2. The number of para-hydroxylation sites is 2. The molecule has 124 valence electrons. The molecule has 0 unspecified atom stereocenters. The summed E-state index contributed by atoms with van der Waals surface area (Å²) in [6, 6.07) is 11.2. The number of hydrogen-bond acceptors (Lipinski definition) is 5. The van der Waals surface area contributed by atoms with Gasteiger partial charge in [0, 0.05) is 12.4 Å². The molecule has 0 atom stereocenters. The zero-order chi connectivity index (χ0) is 17.1. The first-order valence-electron chi connectivity index (χ1n) is 7.72. The lowest BCUT2D eigenvalue weighted by molar-refractivity contribution is 0.102. The Balaban J connectivity index is 1.45. The minimum absolute atomic E-state index is 0.237. The van der Waals surface area contributed by atoms with Gasteiger partial charge in [-0.2, -0.15) is 5.10 Å². The van der Waals surface area contributed by atoms with E-state index in [-0.39, 0.29) is 5.91 Å². The zero-order valence-electron chi connectivity index (χ0n) is 13.2. The molecule has 4 aromatic rings. The summed E-state index contributed by atoms with van der Waals surface area (Å²) in [6.45, 7) is 0.433. The predicted molar refractivity (Wildman–Crippen MR) is 94.2 cm³/mol. The van der Waals surface area contributed by atoms with Gasteiger partial charge < -0.3 is 15.6 Å². The van der Waals surface area contributed by atoms with Crippen LogP contribution < -0.4 is 10.6 Å². The molecule has 0 aliphatic rings. The van der Waals surface area contributed by atoms with Gasteiger partial charge in [-0.1, -0.05) is 12.1 Å². The van der Waals surface area contributed by atoms with Crippen molar-refractivity contribution in [2.45, 2.75) is 6.54 Å². The fourth-order valence-electron chi connectivity index (χ4n) is 2.46. The molecule has 1 aromatic carbocycles. The van der Waals surface area contributed by atoms with Crippen LogP contribution in [0.4, 0.5) is 11.6 Å². The highest BCUT2D eigenvalue weighted by molar-refractivity contribution is 6.04. The second-order valence-corrected chi connectivity index (χ2v) is 5.41. The molecule has 3 heterocycles. The molecule has 8 heteroatoms. The number of nitrogens with one attached hydrogen (secondary N) is 4. The number of hydrogen-bond donors (Lipinski definition) is 4. The van der Waals surface area contributed by atoms with Crippen LogP contribution in [0.5, 0.6) is 0 Å². The van der Waals surface area contributed by atoms with E-state index in [0.29, 0.717) is 23.7 Å². The van der Waals surface area contributed by atoms with Gasteiger partial charge >= 0.3 is 0 Å². The second kappa shape index (κ2) is 6.44. The van der Waals surface area contributed by atoms with Crippen LogP contribution in [-0.2, 0) is 6.54 Å². The number of fused-ring (bicyclic) bond motifs is 1. The van der Waals surface area contributed by atoms with E-state index in [2.05, 4.69) is 35.8 Å². The highest BCUT2D eigenvalue weighted by atomic mass is 16.1. The van der Waals surface area contributed by atoms with E-state index in [0.717, 1.165) is 16.7 Å². The fourth-order valence-corrected chi connectivity index (χ4v) is 2.46. The maximum absolute atomic E-state index is 12.2. The normalized spacial score (nSPS) is 10.7. The average molecular weight is 333 g/mol. The highest BCUT2D eigenvalue weighted by Gasteiger charge is 2.11. The third-order valence-corrected chi connectivity index (χ3v) is 3.71. The predicted octanol–water partition coefficient (Wildman–Crippen LogP) is 2.55. The Morgan fingerprint density at radius 3 is 2.88 bits per heavy atom. The minimum Gasteiger partial charge on any atom is -0.350 e. The van der Waals surface area contributed by atoms with Gasteiger partial charge in [-0.3, -0.25) is 14.9 Å². The average Bonchev–Trinajstić information content (AvgIpc) is 3.26. The van der Waals surface area contributed by atoms with Crippen molar-refractivity contribution in [2.24, 2.45) is 0 Å². The lowest BCUT2D eigenvalue weighted by Crippen LogP contribution is -2.13. The Morgan fingerprint density at radius 2 is 2.04 bits per heavy atom. The smallest absolute Gasteiger partial charge is 0.257 e. The first-order valence-corrected chi connectivity index (χ1v) is 7.72. The summed E-state index contributed by atoms with van der Waals surface area (Å²) in [4.78, 5) is 23.8. The summed E-state index contributed by atoms with van der Waals surface area (Å²) in [5, 5.41) is 12.9. The molecule has 25 heavy (non-hydrogen) atoms. The first-order chi connectivity index (χ1) is 12.3. The van der Waals surface area contributed by atoms with Crippen LogP contribution in [0, 0.1) is 0 Å². The van der Waals surface area contributed by atoms with Crippen LogP contribution in [0.15, 0.2) is 55.0 Å². The Morgan fingerprint density at radius 1 is 1.12 bits per heavy atom. The molecule has 8 nitrogen and oxygen atoms in total. The molecule has 0 fully saturated rings. The third-order valence-electron chi connectivity index (χ3n) is 3.71. The number of pyridine rings is 1. The molecule has 4 N–H and O–H groups in total. The van der Waals surface area contributed by atoms with Gasteiger partial charge in [0.05, 0.1) is 40.7 Å². The quantitative estimate of drug-likeness (QED) is 0.448. The molecule has 0 radical (unpaired) electrons. The molecule has 0 aliphatic heterocycles. The van der Waals surface area contributed by atoms with Crippen molar-refractivity contribution in [2.75, 3.05) is 10.6 Å². The Kier molecular flexibility index (Phi) is 3.83. The van der Waals surface area contributed by atoms with Crippen LogP contribution in [0.2, 0.25) is 0 Å². The number of H-pyrrole nitrogens is 2. The molecular formula is C17H15N7O. The number of nitrogens with zero attached hydrogens (tertiary/aromatic N) is 3. The van der Waals surface area contributed by atoms with Crippen LogP contribution in [-0.4, -0.2) is 31.1 Å². The first kappa shape index (κ1) is 14.9. The lowest BCUT2D eigenvalue weighted by Gasteiger charge is -2.06. The van der Waals surface area contributed by atoms with E-state index in [1.807, 2.05) is 24.3 Å². The van der Waals surface area contributed by atoms with E-state index in [1.54, 1.807) is 24.5 Å². The number of carbonyl (C=O) groups excluding carboxylic acids is 1. The van der Waals surface area contributed by atoms with Gasteiger partial charge in [-0.05, 0) is 24.3 Å².